The standard InChI is InChI=1S/C14H13N3O2/c1-19-12-5-2-10(3-6-12)8-14-16-15-13-7-4-11(18)9-17(13)14/h2-7,9,18H,8H2,1H3. The summed E-state index contributed by atoms with van der Waals surface area (Å²) in [4.78, 5) is 0. The molecule has 96 valence electrons. The largest absolute Gasteiger partial charge is 0.506 e. The number of pyridine rings is 1. The van der Waals surface area contributed by atoms with Crippen molar-refractivity contribution in [3.8, 4) is 11.5 Å². The van der Waals surface area contributed by atoms with Gasteiger partial charge in [-0.15, -0.1) is 10.2 Å². The van der Waals surface area contributed by atoms with Gasteiger partial charge in [0.2, 0.25) is 0 Å². The lowest BCUT2D eigenvalue weighted by Gasteiger charge is -2.03. The maximum atomic E-state index is 9.51. The second-order valence-corrected chi connectivity index (χ2v) is 4.26. The van der Waals surface area contributed by atoms with Gasteiger partial charge in [0, 0.05) is 6.42 Å². The summed E-state index contributed by atoms with van der Waals surface area (Å²) in [6.07, 6.45) is 2.27. The van der Waals surface area contributed by atoms with E-state index in [4.69, 9.17) is 4.74 Å². The third-order valence-electron chi connectivity index (χ3n) is 2.98. The smallest absolute Gasteiger partial charge is 0.161 e. The molecule has 0 spiro atoms. The first kappa shape index (κ1) is 11.5. The number of hydrogen-bond acceptors (Lipinski definition) is 4. The Hall–Kier alpha value is -2.56. The molecule has 5 heteroatoms. The van der Waals surface area contributed by atoms with Gasteiger partial charge in [-0.05, 0) is 29.8 Å². The van der Waals surface area contributed by atoms with Crippen molar-refractivity contribution in [1.29, 1.82) is 0 Å². The van der Waals surface area contributed by atoms with E-state index in [1.165, 1.54) is 0 Å². The summed E-state index contributed by atoms with van der Waals surface area (Å²) >= 11 is 0. The zero-order valence-corrected chi connectivity index (χ0v) is 10.4. The van der Waals surface area contributed by atoms with Crippen LogP contribution < -0.4 is 4.74 Å². The van der Waals surface area contributed by atoms with Gasteiger partial charge in [0.25, 0.3) is 0 Å². The number of fused-ring (bicyclic) bond motifs is 1. The van der Waals surface area contributed by atoms with Crippen molar-refractivity contribution >= 4 is 5.65 Å². The van der Waals surface area contributed by atoms with Crippen LogP contribution in [0, 0.1) is 0 Å². The summed E-state index contributed by atoms with van der Waals surface area (Å²) in [7, 11) is 1.64. The zero-order valence-electron chi connectivity index (χ0n) is 10.4. The minimum absolute atomic E-state index is 0.197. The Morgan fingerprint density at radius 1 is 1.11 bits per heavy atom. The molecule has 0 unspecified atom stereocenters. The predicted molar refractivity (Wildman–Crippen MR) is 70.5 cm³/mol. The molecule has 3 aromatic rings. The van der Waals surface area contributed by atoms with Crippen LogP contribution >= 0.6 is 0 Å². The second-order valence-electron chi connectivity index (χ2n) is 4.26. The molecule has 0 radical (unpaired) electrons. The molecular weight excluding hydrogens is 242 g/mol. The van der Waals surface area contributed by atoms with E-state index in [9.17, 15) is 5.11 Å². The molecule has 1 aromatic carbocycles. The fraction of sp³-hybridized carbons (Fsp3) is 0.143. The Morgan fingerprint density at radius 2 is 1.89 bits per heavy atom. The van der Waals surface area contributed by atoms with E-state index < -0.39 is 0 Å². The first-order valence-electron chi connectivity index (χ1n) is 5.92. The van der Waals surface area contributed by atoms with Gasteiger partial charge in [-0.2, -0.15) is 0 Å². The Morgan fingerprint density at radius 3 is 2.63 bits per heavy atom. The van der Waals surface area contributed by atoms with Crippen LogP contribution in [0.1, 0.15) is 11.4 Å². The molecular formula is C14H13N3O2. The summed E-state index contributed by atoms with van der Waals surface area (Å²) in [6.45, 7) is 0. The van der Waals surface area contributed by atoms with Gasteiger partial charge in [0.15, 0.2) is 5.65 Å². The van der Waals surface area contributed by atoms with Crippen LogP contribution in [0.4, 0.5) is 0 Å². The number of ether oxygens (including phenoxy) is 1. The normalized spacial score (nSPS) is 10.8. The first-order chi connectivity index (χ1) is 9.26. The molecule has 0 aliphatic carbocycles. The number of aromatic nitrogens is 3. The number of nitrogens with zero attached hydrogens (tertiary/aromatic N) is 3. The van der Waals surface area contributed by atoms with Gasteiger partial charge in [0.05, 0.1) is 13.3 Å². The van der Waals surface area contributed by atoms with Gasteiger partial charge >= 0.3 is 0 Å². The van der Waals surface area contributed by atoms with Crippen molar-refractivity contribution in [2.24, 2.45) is 0 Å². The topological polar surface area (TPSA) is 59.7 Å². The molecule has 0 atom stereocenters. The van der Waals surface area contributed by atoms with Crippen molar-refractivity contribution in [3.05, 3.63) is 54.0 Å². The van der Waals surface area contributed by atoms with Crippen LogP contribution in [-0.2, 0) is 6.42 Å². The van der Waals surface area contributed by atoms with E-state index in [1.807, 2.05) is 24.3 Å². The maximum Gasteiger partial charge on any atom is 0.161 e. The lowest BCUT2D eigenvalue weighted by Crippen LogP contribution is -1.96. The summed E-state index contributed by atoms with van der Waals surface area (Å²) < 4.78 is 6.92. The van der Waals surface area contributed by atoms with Crippen molar-refractivity contribution in [1.82, 2.24) is 14.6 Å². The molecule has 1 N–H and O–H groups in total. The summed E-state index contributed by atoms with van der Waals surface area (Å²) in [5, 5.41) is 17.7. The first-order valence-corrected chi connectivity index (χ1v) is 5.92. The molecule has 0 bridgehead atoms. The van der Waals surface area contributed by atoms with Gasteiger partial charge in [-0.25, -0.2) is 0 Å². The van der Waals surface area contributed by atoms with Crippen LogP contribution in [0.3, 0.4) is 0 Å². The van der Waals surface area contributed by atoms with Gasteiger partial charge in [-0.1, -0.05) is 12.1 Å². The average Bonchev–Trinajstić information content (AvgIpc) is 2.82. The van der Waals surface area contributed by atoms with E-state index in [-0.39, 0.29) is 5.75 Å². The summed E-state index contributed by atoms with van der Waals surface area (Å²) in [6, 6.07) is 11.1. The van der Waals surface area contributed by atoms with Crippen LogP contribution in [-0.4, -0.2) is 26.8 Å². The van der Waals surface area contributed by atoms with Crippen molar-refractivity contribution in [2.45, 2.75) is 6.42 Å². The summed E-state index contributed by atoms with van der Waals surface area (Å²) in [5.41, 5.74) is 1.83. The molecule has 5 nitrogen and oxygen atoms in total. The van der Waals surface area contributed by atoms with Gasteiger partial charge < -0.3 is 9.84 Å². The SMILES string of the molecule is COc1ccc(Cc2nnc3ccc(O)cn23)cc1. The van der Waals surface area contributed by atoms with Crippen molar-refractivity contribution in [3.63, 3.8) is 0 Å². The Kier molecular flexibility index (Phi) is 2.79. The predicted octanol–water partition coefficient (Wildman–Crippen LogP) is 2.03. The maximum absolute atomic E-state index is 9.51. The Balaban J connectivity index is 1.93. The lowest BCUT2D eigenvalue weighted by molar-refractivity contribution is 0.414. The molecule has 0 saturated carbocycles. The fourth-order valence-electron chi connectivity index (χ4n) is 1.97. The minimum atomic E-state index is 0.197. The highest BCUT2D eigenvalue weighted by Crippen LogP contribution is 2.16. The molecule has 0 aliphatic rings. The third kappa shape index (κ3) is 2.22. The molecule has 0 aliphatic heterocycles. The van der Waals surface area contributed by atoms with Gasteiger partial charge in [0.1, 0.15) is 17.3 Å². The molecule has 2 heterocycles. The van der Waals surface area contributed by atoms with E-state index in [2.05, 4.69) is 10.2 Å². The van der Waals surface area contributed by atoms with Crippen molar-refractivity contribution in [2.75, 3.05) is 7.11 Å². The minimum Gasteiger partial charge on any atom is -0.506 e. The number of benzene rings is 1. The Bertz CT molecular complexity index is 704. The molecule has 19 heavy (non-hydrogen) atoms. The van der Waals surface area contributed by atoms with Gasteiger partial charge in [-0.3, -0.25) is 4.40 Å². The highest BCUT2D eigenvalue weighted by atomic mass is 16.5. The Labute approximate surface area is 110 Å². The molecule has 0 amide bonds. The molecule has 3 rings (SSSR count). The van der Waals surface area contributed by atoms with E-state index >= 15 is 0 Å². The number of aromatic hydroxyl groups is 1. The molecule has 0 saturated heterocycles. The van der Waals surface area contributed by atoms with Crippen LogP contribution in [0.25, 0.3) is 5.65 Å². The monoisotopic (exact) mass is 255 g/mol. The average molecular weight is 255 g/mol. The van der Waals surface area contributed by atoms with E-state index in [1.54, 1.807) is 29.8 Å². The van der Waals surface area contributed by atoms with Crippen LogP contribution in [0.5, 0.6) is 11.5 Å². The zero-order chi connectivity index (χ0) is 13.2. The second kappa shape index (κ2) is 4.61. The summed E-state index contributed by atoms with van der Waals surface area (Å²) in [5.74, 6) is 1.81. The molecule has 0 fully saturated rings. The number of hydrogen-bond donors (Lipinski definition) is 1. The van der Waals surface area contributed by atoms with Crippen molar-refractivity contribution < 1.29 is 9.84 Å². The quantitative estimate of drug-likeness (QED) is 0.778. The number of rotatable bonds is 3. The highest BCUT2D eigenvalue weighted by Gasteiger charge is 2.07. The third-order valence-corrected chi connectivity index (χ3v) is 2.98. The lowest BCUT2D eigenvalue weighted by atomic mass is 10.1. The number of methoxy groups -OCH3 is 1. The van der Waals surface area contributed by atoms with Crippen LogP contribution in [0.15, 0.2) is 42.6 Å². The molecule has 2 aromatic heterocycles. The van der Waals surface area contributed by atoms with E-state index in [0.29, 0.717) is 6.42 Å². The fourth-order valence-corrected chi connectivity index (χ4v) is 1.97. The van der Waals surface area contributed by atoms with Crippen LogP contribution in [0.2, 0.25) is 0 Å². The van der Waals surface area contributed by atoms with E-state index in [0.717, 1.165) is 22.8 Å². The highest BCUT2D eigenvalue weighted by molar-refractivity contribution is 5.41.